The zero-order valence-corrected chi connectivity index (χ0v) is 13.9. The predicted octanol–water partition coefficient (Wildman–Crippen LogP) is 2.74. The quantitative estimate of drug-likeness (QED) is 0.811. The number of rotatable bonds is 6. The van der Waals surface area contributed by atoms with E-state index >= 15 is 0 Å². The van der Waals surface area contributed by atoms with Gasteiger partial charge in [-0.3, -0.25) is 0 Å². The summed E-state index contributed by atoms with van der Waals surface area (Å²) in [5, 5.41) is 0. The highest BCUT2D eigenvalue weighted by molar-refractivity contribution is 7.89. The predicted molar refractivity (Wildman–Crippen MR) is 83.9 cm³/mol. The van der Waals surface area contributed by atoms with Crippen LogP contribution in [0.4, 0.5) is 0 Å². The lowest BCUT2D eigenvalue weighted by atomic mass is 10.1. The van der Waals surface area contributed by atoms with Crippen LogP contribution in [0.25, 0.3) is 0 Å². The fraction of sp³-hybridized carbons (Fsp3) is 0.625. The zero-order valence-electron chi connectivity index (χ0n) is 13.1. The summed E-state index contributed by atoms with van der Waals surface area (Å²) in [6, 6.07) is 5.37. The topological polar surface area (TPSA) is 46.6 Å². The van der Waals surface area contributed by atoms with Gasteiger partial charge in [-0.05, 0) is 55.9 Å². The lowest BCUT2D eigenvalue weighted by Gasteiger charge is -2.24. The first-order valence-electron chi connectivity index (χ1n) is 7.60. The average Bonchev–Trinajstić information content (AvgIpc) is 2.94. The maximum atomic E-state index is 12.9. The fourth-order valence-corrected chi connectivity index (χ4v) is 4.29. The molecule has 0 amide bonds. The molecular formula is C16H25NO3S. The van der Waals surface area contributed by atoms with E-state index in [2.05, 4.69) is 0 Å². The zero-order chi connectivity index (χ0) is 15.5. The minimum absolute atomic E-state index is 0.317. The van der Waals surface area contributed by atoms with E-state index in [1.165, 1.54) is 0 Å². The first kappa shape index (κ1) is 16.5. The molecule has 0 saturated carbocycles. The summed E-state index contributed by atoms with van der Waals surface area (Å²) in [6.07, 6.45) is 1.76. The van der Waals surface area contributed by atoms with E-state index in [4.69, 9.17) is 4.74 Å². The van der Waals surface area contributed by atoms with Crippen LogP contribution in [0.1, 0.15) is 30.9 Å². The van der Waals surface area contributed by atoms with E-state index in [9.17, 15) is 8.42 Å². The van der Waals surface area contributed by atoms with Gasteiger partial charge in [0.05, 0.1) is 11.5 Å². The molecule has 1 aromatic rings. The Balaban J connectivity index is 2.25. The molecule has 1 aliphatic heterocycles. The number of sulfonamides is 1. The molecule has 4 nitrogen and oxygen atoms in total. The van der Waals surface area contributed by atoms with Gasteiger partial charge in [-0.25, -0.2) is 8.42 Å². The van der Waals surface area contributed by atoms with Crippen molar-refractivity contribution in [3.63, 3.8) is 0 Å². The molecule has 1 saturated heterocycles. The third-order valence-corrected chi connectivity index (χ3v) is 5.94. The van der Waals surface area contributed by atoms with Crippen LogP contribution >= 0.6 is 0 Å². The van der Waals surface area contributed by atoms with Gasteiger partial charge in [0.25, 0.3) is 0 Å². The van der Waals surface area contributed by atoms with E-state index in [0.29, 0.717) is 30.5 Å². The summed E-state index contributed by atoms with van der Waals surface area (Å²) in [5.74, 6) is 0.317. The van der Waals surface area contributed by atoms with Gasteiger partial charge in [0.2, 0.25) is 10.0 Å². The lowest BCUT2D eigenvalue weighted by Crippen LogP contribution is -2.36. The van der Waals surface area contributed by atoms with Crippen molar-refractivity contribution in [2.75, 3.05) is 26.3 Å². The number of benzene rings is 1. The monoisotopic (exact) mass is 311 g/mol. The molecule has 2 rings (SSSR count). The lowest BCUT2D eigenvalue weighted by molar-refractivity contribution is 0.180. The Morgan fingerprint density at radius 2 is 2.05 bits per heavy atom. The van der Waals surface area contributed by atoms with Crippen molar-refractivity contribution in [2.24, 2.45) is 5.92 Å². The van der Waals surface area contributed by atoms with Crippen LogP contribution in [0.15, 0.2) is 23.1 Å². The molecule has 1 atom stereocenters. The van der Waals surface area contributed by atoms with Crippen LogP contribution in [-0.2, 0) is 14.8 Å². The van der Waals surface area contributed by atoms with Crippen molar-refractivity contribution in [1.82, 2.24) is 4.31 Å². The molecule has 5 heteroatoms. The summed E-state index contributed by atoms with van der Waals surface area (Å²) in [7, 11) is -3.41. The fourth-order valence-electron chi connectivity index (χ4n) is 2.60. The Labute approximate surface area is 128 Å². The minimum Gasteiger partial charge on any atom is -0.381 e. The molecule has 1 unspecified atom stereocenters. The molecule has 0 bridgehead atoms. The smallest absolute Gasteiger partial charge is 0.243 e. The van der Waals surface area contributed by atoms with Gasteiger partial charge in [0, 0.05) is 19.7 Å². The summed E-state index contributed by atoms with van der Waals surface area (Å²) >= 11 is 0. The van der Waals surface area contributed by atoms with Crippen molar-refractivity contribution >= 4 is 10.0 Å². The number of hydrogen-bond acceptors (Lipinski definition) is 3. The number of ether oxygens (including phenoxy) is 1. The molecule has 1 aromatic carbocycles. The van der Waals surface area contributed by atoms with Crippen molar-refractivity contribution in [1.29, 1.82) is 0 Å². The van der Waals surface area contributed by atoms with Crippen LogP contribution in [0.2, 0.25) is 0 Å². The Morgan fingerprint density at radius 3 is 2.62 bits per heavy atom. The molecule has 1 heterocycles. The maximum absolute atomic E-state index is 12.9. The molecule has 1 fully saturated rings. The summed E-state index contributed by atoms with van der Waals surface area (Å²) in [6.45, 7) is 8.48. The first-order chi connectivity index (χ1) is 9.95. The first-order valence-corrected chi connectivity index (χ1v) is 9.04. The average molecular weight is 311 g/mol. The van der Waals surface area contributed by atoms with Gasteiger partial charge >= 0.3 is 0 Å². The molecule has 21 heavy (non-hydrogen) atoms. The van der Waals surface area contributed by atoms with E-state index in [0.717, 1.165) is 30.6 Å². The van der Waals surface area contributed by atoms with Gasteiger partial charge in [-0.2, -0.15) is 4.31 Å². The molecule has 0 aromatic heterocycles. The van der Waals surface area contributed by atoms with Crippen LogP contribution in [0.3, 0.4) is 0 Å². The van der Waals surface area contributed by atoms with E-state index in [1.54, 1.807) is 16.4 Å². The second kappa shape index (κ2) is 6.90. The van der Waals surface area contributed by atoms with Gasteiger partial charge in [-0.1, -0.05) is 13.0 Å². The van der Waals surface area contributed by atoms with Gasteiger partial charge < -0.3 is 4.74 Å². The molecule has 0 N–H and O–H groups in total. The SMILES string of the molecule is CCCN(CC1CCOC1)S(=O)(=O)c1ccc(C)c(C)c1. The normalized spacial score (nSPS) is 19.3. The van der Waals surface area contributed by atoms with Crippen molar-refractivity contribution < 1.29 is 13.2 Å². The molecule has 0 aliphatic carbocycles. The Kier molecular flexibility index (Phi) is 5.41. The van der Waals surface area contributed by atoms with E-state index < -0.39 is 10.0 Å². The standard InChI is InChI=1S/C16H25NO3S/c1-4-8-17(11-15-7-9-20-12-15)21(18,19)16-6-5-13(2)14(3)10-16/h5-6,10,15H,4,7-9,11-12H2,1-3H3. The molecule has 118 valence electrons. The van der Waals surface area contributed by atoms with Crippen LogP contribution in [-0.4, -0.2) is 39.0 Å². The second-order valence-corrected chi connectivity index (χ2v) is 7.78. The molecular weight excluding hydrogens is 286 g/mol. The summed E-state index contributed by atoms with van der Waals surface area (Å²) < 4.78 is 32.7. The molecule has 0 spiro atoms. The van der Waals surface area contributed by atoms with Crippen molar-refractivity contribution in [2.45, 2.75) is 38.5 Å². The van der Waals surface area contributed by atoms with Crippen LogP contribution in [0.5, 0.6) is 0 Å². The van der Waals surface area contributed by atoms with Gasteiger partial charge in [0.1, 0.15) is 0 Å². The highest BCUT2D eigenvalue weighted by atomic mass is 32.2. The van der Waals surface area contributed by atoms with Crippen molar-refractivity contribution in [3.05, 3.63) is 29.3 Å². The summed E-state index contributed by atoms with van der Waals surface area (Å²) in [4.78, 5) is 0.401. The van der Waals surface area contributed by atoms with Crippen LogP contribution < -0.4 is 0 Å². The van der Waals surface area contributed by atoms with E-state index in [1.807, 2.05) is 26.8 Å². The second-order valence-electron chi connectivity index (χ2n) is 5.84. The Bertz CT molecular complexity index is 577. The number of nitrogens with zero attached hydrogens (tertiary/aromatic N) is 1. The highest BCUT2D eigenvalue weighted by Crippen LogP contribution is 2.22. The third kappa shape index (κ3) is 3.84. The third-order valence-electron chi connectivity index (χ3n) is 4.07. The molecule has 1 aliphatic rings. The van der Waals surface area contributed by atoms with Gasteiger partial charge in [-0.15, -0.1) is 0 Å². The Morgan fingerprint density at radius 1 is 1.29 bits per heavy atom. The Hall–Kier alpha value is -0.910. The highest BCUT2D eigenvalue weighted by Gasteiger charge is 2.28. The number of hydrogen-bond donors (Lipinski definition) is 0. The minimum atomic E-state index is -3.41. The van der Waals surface area contributed by atoms with Gasteiger partial charge in [0.15, 0.2) is 0 Å². The maximum Gasteiger partial charge on any atom is 0.243 e. The van der Waals surface area contributed by atoms with Crippen LogP contribution in [0, 0.1) is 19.8 Å². The molecule has 0 radical (unpaired) electrons. The number of aryl methyl sites for hydroxylation is 2. The largest absolute Gasteiger partial charge is 0.381 e. The van der Waals surface area contributed by atoms with E-state index in [-0.39, 0.29) is 0 Å². The summed E-state index contributed by atoms with van der Waals surface area (Å²) in [5.41, 5.74) is 2.12. The van der Waals surface area contributed by atoms with Crippen molar-refractivity contribution in [3.8, 4) is 0 Å².